The van der Waals surface area contributed by atoms with Crippen LogP contribution in [0, 0.1) is 0 Å². The van der Waals surface area contributed by atoms with Crippen LogP contribution in [0.2, 0.25) is 0 Å². The maximum Gasteiger partial charge on any atom is 0.308 e. The van der Waals surface area contributed by atoms with Crippen LogP contribution in [0.1, 0.15) is 74.5 Å². The van der Waals surface area contributed by atoms with E-state index in [1.54, 1.807) is 0 Å². The van der Waals surface area contributed by atoms with Crippen molar-refractivity contribution in [3.8, 4) is 0 Å². The number of aromatic nitrogens is 2. The third-order valence-electron chi connectivity index (χ3n) is 9.29. The molecule has 5 aromatic rings. The normalized spacial score (nSPS) is 24.9. The minimum Gasteiger partial charge on any atom is -0.428 e. The van der Waals surface area contributed by atoms with Crippen LogP contribution in [0.15, 0.2) is 48.5 Å². The molecule has 0 saturated carbocycles. The van der Waals surface area contributed by atoms with Gasteiger partial charge in [-0.1, -0.05) is 62.6 Å². The summed E-state index contributed by atoms with van der Waals surface area (Å²) in [6.07, 6.45) is 3.50. The number of ether oxygens (including phenoxy) is 2. The maximum absolute atomic E-state index is 13.3. The monoisotopic (exact) mass is 537 g/mol. The van der Waals surface area contributed by atoms with Gasteiger partial charge in [-0.05, 0) is 31.0 Å². The highest BCUT2D eigenvalue weighted by Gasteiger charge is 2.64. The Kier molecular flexibility index (Phi) is 4.84. The number of carbonyl (C=O) groups excluding carboxylic acids is 2. The lowest BCUT2D eigenvalue weighted by Crippen LogP contribution is -2.53. The van der Waals surface area contributed by atoms with Crippen molar-refractivity contribution in [3.63, 3.8) is 0 Å². The summed E-state index contributed by atoms with van der Waals surface area (Å²) >= 11 is 0. The summed E-state index contributed by atoms with van der Waals surface area (Å²) in [6.45, 7) is 4.37. The first-order valence-corrected chi connectivity index (χ1v) is 14.3. The van der Waals surface area contributed by atoms with E-state index >= 15 is 0 Å². The Bertz CT molecular complexity index is 1920. The van der Waals surface area contributed by atoms with Gasteiger partial charge in [-0.25, -0.2) is 0 Å². The molecule has 8 rings (SSSR count). The molecule has 0 aliphatic carbocycles. The van der Waals surface area contributed by atoms with Gasteiger partial charge in [0.25, 0.3) is 11.7 Å². The van der Waals surface area contributed by atoms with E-state index in [1.807, 2.05) is 60.0 Å². The maximum atomic E-state index is 13.3. The van der Waals surface area contributed by atoms with Crippen molar-refractivity contribution in [2.75, 3.05) is 0 Å². The van der Waals surface area contributed by atoms with Crippen molar-refractivity contribution in [1.29, 1.82) is 0 Å². The lowest BCUT2D eigenvalue weighted by Gasteiger charge is -2.38. The standard InChI is InChI=1S/C32H31N3O5/c1-3-4-5-6-15-24(36)40-32(38)16-23-34-21-13-9-7-11-18(21)26-27-20(17-33-30(27)37)25-19-12-8-10-14-22(19)35(29(25)28(26)34)31(32,2)39-23/h7-14,23,38H,3-6,15-17H2,1-2H3,(H,33,37)/t23?,31-,32-/m1/s1. The highest BCUT2D eigenvalue weighted by Crippen LogP contribution is 2.57. The second kappa shape index (κ2) is 8.08. The fraction of sp³-hybridized carbons (Fsp3) is 0.375. The van der Waals surface area contributed by atoms with Crippen molar-refractivity contribution in [2.24, 2.45) is 0 Å². The summed E-state index contributed by atoms with van der Waals surface area (Å²) in [7, 11) is 0. The predicted octanol–water partition coefficient (Wildman–Crippen LogP) is 5.95. The van der Waals surface area contributed by atoms with Crippen molar-refractivity contribution < 1.29 is 24.2 Å². The highest BCUT2D eigenvalue weighted by molar-refractivity contribution is 6.31. The summed E-state index contributed by atoms with van der Waals surface area (Å²) in [5, 5.41) is 19.2. The average molecular weight is 538 g/mol. The molecule has 2 bridgehead atoms. The zero-order valence-corrected chi connectivity index (χ0v) is 22.6. The van der Waals surface area contributed by atoms with Gasteiger partial charge in [0.15, 0.2) is 0 Å². The van der Waals surface area contributed by atoms with Crippen molar-refractivity contribution >= 4 is 55.5 Å². The molecule has 5 heterocycles. The average Bonchev–Trinajstić information content (AvgIpc) is 3.63. The first-order valence-electron chi connectivity index (χ1n) is 14.3. The quantitative estimate of drug-likeness (QED) is 0.159. The Morgan fingerprint density at radius 3 is 2.55 bits per heavy atom. The van der Waals surface area contributed by atoms with Crippen molar-refractivity contribution in [3.05, 3.63) is 59.7 Å². The summed E-state index contributed by atoms with van der Waals surface area (Å²) in [6, 6.07) is 16.0. The smallest absolute Gasteiger partial charge is 0.308 e. The third kappa shape index (κ3) is 2.82. The van der Waals surface area contributed by atoms with E-state index in [2.05, 4.69) is 16.8 Å². The van der Waals surface area contributed by atoms with Crippen molar-refractivity contribution in [1.82, 2.24) is 14.5 Å². The largest absolute Gasteiger partial charge is 0.428 e. The van der Waals surface area contributed by atoms with Gasteiger partial charge >= 0.3 is 5.97 Å². The van der Waals surface area contributed by atoms with Crippen LogP contribution in [0.25, 0.3) is 43.6 Å². The third-order valence-corrected chi connectivity index (χ3v) is 9.29. The number of nitrogens with zero attached hydrogens (tertiary/aromatic N) is 2. The van der Waals surface area contributed by atoms with Crippen LogP contribution >= 0.6 is 0 Å². The van der Waals surface area contributed by atoms with Crippen LogP contribution in [0.4, 0.5) is 0 Å². The SMILES string of the molecule is CCCCCCC(=O)O[C@]1(O)CC2O[C@@]1(C)n1c3ccccc3c3c4c(c5c6ccccc6n2c5c31)C(=O)NC4. The lowest BCUT2D eigenvalue weighted by molar-refractivity contribution is -0.284. The van der Waals surface area contributed by atoms with Gasteiger partial charge in [0, 0.05) is 34.5 Å². The van der Waals surface area contributed by atoms with Crippen LogP contribution in [-0.2, 0) is 26.5 Å². The Hall–Kier alpha value is -3.88. The van der Waals surface area contributed by atoms with Crippen LogP contribution < -0.4 is 5.32 Å². The van der Waals surface area contributed by atoms with E-state index in [0.717, 1.165) is 74.9 Å². The molecule has 2 aromatic heterocycles. The minimum absolute atomic E-state index is 0.0642. The number of unbranched alkanes of at least 4 members (excludes halogenated alkanes) is 3. The molecule has 204 valence electrons. The molecule has 8 heteroatoms. The second-order valence-corrected chi connectivity index (χ2v) is 11.6. The molecule has 1 unspecified atom stereocenters. The Balaban J connectivity index is 1.46. The molecular weight excluding hydrogens is 506 g/mol. The minimum atomic E-state index is -1.91. The van der Waals surface area contributed by atoms with Crippen molar-refractivity contribution in [2.45, 2.75) is 76.7 Å². The number of esters is 1. The van der Waals surface area contributed by atoms with Gasteiger partial charge in [0.2, 0.25) is 5.72 Å². The molecule has 3 aromatic carbocycles. The van der Waals surface area contributed by atoms with Crippen LogP contribution in [-0.4, -0.2) is 31.9 Å². The van der Waals surface area contributed by atoms with Gasteiger partial charge in [-0.3, -0.25) is 9.59 Å². The number of fused-ring (bicyclic) bond motifs is 13. The number of nitrogens with one attached hydrogen (secondary N) is 1. The Morgan fingerprint density at radius 1 is 1.05 bits per heavy atom. The molecule has 1 saturated heterocycles. The van der Waals surface area contributed by atoms with Gasteiger partial charge in [-0.2, -0.15) is 0 Å². The van der Waals surface area contributed by atoms with E-state index in [1.165, 1.54) is 0 Å². The van der Waals surface area contributed by atoms with E-state index in [0.29, 0.717) is 12.1 Å². The molecule has 8 nitrogen and oxygen atoms in total. The van der Waals surface area contributed by atoms with Crippen LogP contribution in [0.3, 0.4) is 0 Å². The summed E-state index contributed by atoms with van der Waals surface area (Å²) in [5.41, 5.74) is 3.80. The fourth-order valence-electron chi connectivity index (χ4n) is 7.49. The molecule has 0 spiro atoms. The number of aliphatic hydroxyl groups is 1. The number of hydrogen-bond acceptors (Lipinski definition) is 5. The summed E-state index contributed by atoms with van der Waals surface area (Å²) in [5.74, 6) is -2.41. The Labute approximate surface area is 230 Å². The molecule has 0 radical (unpaired) electrons. The van der Waals surface area contributed by atoms with Gasteiger partial charge in [0.1, 0.15) is 6.23 Å². The number of hydrogen-bond donors (Lipinski definition) is 2. The van der Waals surface area contributed by atoms with E-state index < -0.39 is 23.7 Å². The van der Waals surface area contributed by atoms with E-state index in [-0.39, 0.29) is 18.7 Å². The fourth-order valence-corrected chi connectivity index (χ4v) is 7.49. The molecule has 3 aliphatic heterocycles. The number of benzene rings is 3. The number of carbonyl (C=O) groups is 2. The molecule has 3 atom stereocenters. The molecule has 2 N–H and O–H groups in total. The zero-order chi connectivity index (χ0) is 27.4. The Morgan fingerprint density at radius 2 is 1.77 bits per heavy atom. The topological polar surface area (TPSA) is 94.7 Å². The van der Waals surface area contributed by atoms with Crippen LogP contribution in [0.5, 0.6) is 0 Å². The number of rotatable bonds is 6. The first kappa shape index (κ1) is 24.0. The molecular formula is C32H31N3O5. The van der Waals surface area contributed by atoms with E-state index in [9.17, 15) is 14.7 Å². The summed E-state index contributed by atoms with van der Waals surface area (Å²) in [4.78, 5) is 26.5. The number of amides is 1. The summed E-state index contributed by atoms with van der Waals surface area (Å²) < 4.78 is 17.0. The van der Waals surface area contributed by atoms with Gasteiger partial charge in [-0.15, -0.1) is 0 Å². The molecule has 40 heavy (non-hydrogen) atoms. The van der Waals surface area contributed by atoms with Gasteiger partial charge < -0.3 is 29.0 Å². The predicted molar refractivity (Wildman–Crippen MR) is 152 cm³/mol. The first-order chi connectivity index (χ1) is 19.4. The number of para-hydroxylation sites is 2. The van der Waals surface area contributed by atoms with E-state index in [4.69, 9.17) is 9.47 Å². The molecule has 3 aliphatic rings. The highest BCUT2D eigenvalue weighted by atomic mass is 16.7. The molecule has 1 fully saturated rings. The lowest BCUT2D eigenvalue weighted by atomic mass is 9.96. The second-order valence-electron chi connectivity index (χ2n) is 11.6. The van der Waals surface area contributed by atoms with Gasteiger partial charge in [0.05, 0.1) is 34.1 Å². The molecule has 1 amide bonds. The zero-order valence-electron chi connectivity index (χ0n) is 22.6.